The third-order valence-electron chi connectivity index (χ3n) is 1.73. The molecule has 14 heavy (non-hydrogen) atoms. The van der Waals surface area contributed by atoms with Gasteiger partial charge in [-0.1, -0.05) is 17.7 Å². The van der Waals surface area contributed by atoms with Gasteiger partial charge in [0, 0.05) is 0 Å². The maximum Gasteiger partial charge on any atom is 0.138 e. The zero-order valence-corrected chi connectivity index (χ0v) is 8.66. The summed E-state index contributed by atoms with van der Waals surface area (Å²) in [6.07, 6.45) is -0.868. The molecule has 1 rings (SSSR count). The molecule has 78 valence electrons. The number of benzene rings is 1. The highest BCUT2D eigenvalue weighted by atomic mass is 35.5. The first kappa shape index (κ1) is 11.3. The Morgan fingerprint density at radius 3 is 2.79 bits per heavy atom. The number of ether oxygens (including phenoxy) is 1. The lowest BCUT2D eigenvalue weighted by atomic mass is 10.2. The summed E-state index contributed by atoms with van der Waals surface area (Å²) in [5, 5.41) is 18.1. The van der Waals surface area contributed by atoms with Crippen molar-refractivity contribution < 1.29 is 14.9 Å². The molecular formula is C10H13ClO3. The highest BCUT2D eigenvalue weighted by molar-refractivity contribution is 6.32. The maximum atomic E-state index is 9.05. The standard InChI is InChI=1S/C10H13ClO3/c1-7-2-3-10(9(11)4-7)14-6-8(13)5-12/h2-4,8,12-13H,5-6H2,1H3. The second-order valence-electron chi connectivity index (χ2n) is 3.08. The Labute approximate surface area is 87.9 Å². The maximum absolute atomic E-state index is 9.05. The highest BCUT2D eigenvalue weighted by Gasteiger charge is 2.05. The Hall–Kier alpha value is -0.770. The minimum absolute atomic E-state index is 0.0410. The van der Waals surface area contributed by atoms with Gasteiger partial charge >= 0.3 is 0 Å². The van der Waals surface area contributed by atoms with Gasteiger partial charge in [0.05, 0.1) is 11.6 Å². The van der Waals surface area contributed by atoms with Gasteiger partial charge in [-0.3, -0.25) is 0 Å². The number of aryl methyl sites for hydroxylation is 1. The van der Waals surface area contributed by atoms with Crippen molar-refractivity contribution in [2.45, 2.75) is 13.0 Å². The van der Waals surface area contributed by atoms with Gasteiger partial charge in [-0.2, -0.15) is 0 Å². The molecule has 1 aromatic rings. The van der Waals surface area contributed by atoms with Crippen molar-refractivity contribution in [2.24, 2.45) is 0 Å². The van der Waals surface area contributed by atoms with Gasteiger partial charge in [-0.05, 0) is 24.6 Å². The van der Waals surface area contributed by atoms with Crippen molar-refractivity contribution >= 4 is 11.6 Å². The summed E-state index contributed by atoms with van der Waals surface area (Å²) in [6, 6.07) is 5.39. The Bertz CT molecular complexity index is 301. The fraction of sp³-hybridized carbons (Fsp3) is 0.400. The molecule has 4 heteroatoms. The first-order valence-electron chi connectivity index (χ1n) is 4.31. The van der Waals surface area contributed by atoms with Crippen molar-refractivity contribution in [1.29, 1.82) is 0 Å². The van der Waals surface area contributed by atoms with E-state index in [1.165, 1.54) is 0 Å². The summed E-state index contributed by atoms with van der Waals surface area (Å²) in [5.74, 6) is 0.518. The minimum atomic E-state index is -0.868. The lowest BCUT2D eigenvalue weighted by Gasteiger charge is -2.11. The Balaban J connectivity index is 2.59. The van der Waals surface area contributed by atoms with Crippen molar-refractivity contribution in [3.63, 3.8) is 0 Å². The van der Waals surface area contributed by atoms with Crippen LogP contribution < -0.4 is 4.74 Å². The smallest absolute Gasteiger partial charge is 0.138 e. The van der Waals surface area contributed by atoms with Crippen molar-refractivity contribution in [2.75, 3.05) is 13.2 Å². The molecule has 2 N–H and O–H groups in total. The summed E-state index contributed by atoms with van der Waals surface area (Å²) in [7, 11) is 0. The van der Waals surface area contributed by atoms with E-state index in [9.17, 15) is 0 Å². The first-order chi connectivity index (χ1) is 6.63. The number of halogens is 1. The zero-order valence-electron chi connectivity index (χ0n) is 7.90. The summed E-state index contributed by atoms with van der Waals surface area (Å²) in [4.78, 5) is 0. The lowest BCUT2D eigenvalue weighted by molar-refractivity contribution is 0.0536. The largest absolute Gasteiger partial charge is 0.489 e. The van der Waals surface area contributed by atoms with Crippen molar-refractivity contribution in [3.05, 3.63) is 28.8 Å². The molecule has 0 aliphatic carbocycles. The van der Waals surface area contributed by atoms with Crippen LogP contribution in [0.1, 0.15) is 5.56 Å². The Morgan fingerprint density at radius 2 is 2.21 bits per heavy atom. The van der Waals surface area contributed by atoms with E-state index in [2.05, 4.69) is 0 Å². The van der Waals surface area contributed by atoms with Crippen LogP contribution in [0.4, 0.5) is 0 Å². The van der Waals surface area contributed by atoms with Gasteiger partial charge in [0.25, 0.3) is 0 Å². The van der Waals surface area contributed by atoms with Crippen LogP contribution in [0.5, 0.6) is 5.75 Å². The molecule has 0 heterocycles. The lowest BCUT2D eigenvalue weighted by Crippen LogP contribution is -2.21. The van der Waals surface area contributed by atoms with E-state index >= 15 is 0 Å². The van der Waals surface area contributed by atoms with E-state index in [-0.39, 0.29) is 13.2 Å². The molecule has 0 aromatic heterocycles. The van der Waals surface area contributed by atoms with E-state index in [0.717, 1.165) is 5.56 Å². The fourth-order valence-corrected chi connectivity index (χ4v) is 1.25. The van der Waals surface area contributed by atoms with Gasteiger partial charge in [-0.15, -0.1) is 0 Å². The molecule has 0 aliphatic heterocycles. The van der Waals surface area contributed by atoms with Crippen LogP contribution in [0.2, 0.25) is 5.02 Å². The average Bonchev–Trinajstić information content (AvgIpc) is 2.16. The monoisotopic (exact) mass is 216 g/mol. The fourth-order valence-electron chi connectivity index (χ4n) is 0.962. The summed E-state index contributed by atoms with van der Waals surface area (Å²) in [6.45, 7) is 1.65. The topological polar surface area (TPSA) is 49.7 Å². The van der Waals surface area contributed by atoms with E-state index < -0.39 is 6.10 Å². The van der Waals surface area contributed by atoms with Gasteiger partial charge in [0.15, 0.2) is 0 Å². The number of rotatable bonds is 4. The molecule has 0 radical (unpaired) electrons. The molecule has 0 aliphatic rings. The van der Waals surface area contributed by atoms with Crippen LogP contribution >= 0.6 is 11.6 Å². The van der Waals surface area contributed by atoms with Gasteiger partial charge in [-0.25, -0.2) is 0 Å². The first-order valence-corrected chi connectivity index (χ1v) is 4.69. The van der Waals surface area contributed by atoms with Crippen LogP contribution in [0.25, 0.3) is 0 Å². The predicted molar refractivity (Wildman–Crippen MR) is 54.8 cm³/mol. The molecule has 1 atom stereocenters. The van der Waals surface area contributed by atoms with E-state index in [1.807, 2.05) is 13.0 Å². The molecule has 0 saturated heterocycles. The predicted octanol–water partition coefficient (Wildman–Crippen LogP) is 1.38. The summed E-state index contributed by atoms with van der Waals surface area (Å²) in [5.41, 5.74) is 1.05. The molecule has 0 spiro atoms. The molecule has 0 bridgehead atoms. The second kappa shape index (κ2) is 5.20. The third kappa shape index (κ3) is 3.18. The SMILES string of the molecule is Cc1ccc(OCC(O)CO)c(Cl)c1. The number of aliphatic hydroxyl groups is 2. The number of hydrogen-bond acceptors (Lipinski definition) is 3. The van der Waals surface area contributed by atoms with E-state index in [0.29, 0.717) is 10.8 Å². The molecule has 1 aromatic carbocycles. The van der Waals surface area contributed by atoms with Crippen LogP contribution in [0.3, 0.4) is 0 Å². The highest BCUT2D eigenvalue weighted by Crippen LogP contribution is 2.25. The Morgan fingerprint density at radius 1 is 1.50 bits per heavy atom. The molecule has 0 saturated carbocycles. The van der Waals surface area contributed by atoms with E-state index in [4.69, 9.17) is 26.6 Å². The van der Waals surface area contributed by atoms with Crippen LogP contribution in [-0.4, -0.2) is 29.5 Å². The van der Waals surface area contributed by atoms with Gasteiger partial charge in [0.1, 0.15) is 18.5 Å². The molecule has 0 fully saturated rings. The minimum Gasteiger partial charge on any atom is -0.489 e. The van der Waals surface area contributed by atoms with Gasteiger partial charge in [0.2, 0.25) is 0 Å². The van der Waals surface area contributed by atoms with Gasteiger partial charge < -0.3 is 14.9 Å². The average molecular weight is 217 g/mol. The molecular weight excluding hydrogens is 204 g/mol. The summed E-state index contributed by atoms with van der Waals surface area (Å²) < 4.78 is 5.20. The van der Waals surface area contributed by atoms with Crippen LogP contribution in [0, 0.1) is 6.92 Å². The third-order valence-corrected chi connectivity index (χ3v) is 2.02. The molecule has 3 nitrogen and oxygen atoms in total. The van der Waals surface area contributed by atoms with Crippen LogP contribution in [0.15, 0.2) is 18.2 Å². The zero-order chi connectivity index (χ0) is 10.6. The van der Waals surface area contributed by atoms with Crippen molar-refractivity contribution in [3.8, 4) is 5.75 Å². The Kier molecular flexibility index (Phi) is 4.20. The number of hydrogen-bond donors (Lipinski definition) is 2. The molecule has 1 unspecified atom stereocenters. The van der Waals surface area contributed by atoms with Crippen molar-refractivity contribution in [1.82, 2.24) is 0 Å². The summed E-state index contributed by atoms with van der Waals surface area (Å²) >= 11 is 5.89. The number of aliphatic hydroxyl groups excluding tert-OH is 2. The second-order valence-corrected chi connectivity index (χ2v) is 3.49. The molecule has 0 amide bonds. The van der Waals surface area contributed by atoms with Crippen LogP contribution in [-0.2, 0) is 0 Å². The quantitative estimate of drug-likeness (QED) is 0.800. The van der Waals surface area contributed by atoms with E-state index in [1.54, 1.807) is 12.1 Å². The normalized spacial score (nSPS) is 12.6.